The molecular formula is C27H33NO3. The predicted octanol–water partition coefficient (Wildman–Crippen LogP) is 5.60. The number of allylic oxidation sites excluding steroid dienone is 1. The Labute approximate surface area is 185 Å². The molecule has 1 heterocycles. The van der Waals surface area contributed by atoms with Crippen LogP contribution in [0.5, 0.6) is 5.75 Å². The summed E-state index contributed by atoms with van der Waals surface area (Å²) in [4.78, 5) is 15.2. The van der Waals surface area contributed by atoms with Gasteiger partial charge in [0.2, 0.25) is 0 Å². The molecule has 4 rings (SSSR count). The number of fused-ring (bicyclic) bond motifs is 1. The normalized spacial score (nSPS) is 23.4. The van der Waals surface area contributed by atoms with E-state index in [4.69, 9.17) is 9.47 Å². The smallest absolute Gasteiger partial charge is 0.343 e. The van der Waals surface area contributed by atoms with Gasteiger partial charge >= 0.3 is 5.97 Å². The molecule has 2 aliphatic rings. The Kier molecular flexibility index (Phi) is 5.94. The molecular weight excluding hydrogens is 386 g/mol. The third-order valence-corrected chi connectivity index (χ3v) is 7.18. The van der Waals surface area contributed by atoms with Crippen LogP contribution in [0.1, 0.15) is 66.1 Å². The van der Waals surface area contributed by atoms with Gasteiger partial charge < -0.3 is 14.4 Å². The van der Waals surface area contributed by atoms with Crippen LogP contribution >= 0.6 is 0 Å². The number of likely N-dealkylation sites (N-methyl/N-ethyl adjacent to an activating group) is 1. The van der Waals surface area contributed by atoms with Crippen LogP contribution in [-0.4, -0.2) is 37.6 Å². The molecule has 164 valence electrons. The second kappa shape index (κ2) is 8.51. The lowest BCUT2D eigenvalue weighted by atomic mass is 9.68. The topological polar surface area (TPSA) is 38.8 Å². The second-order valence-corrected chi connectivity index (χ2v) is 9.33. The molecule has 0 spiro atoms. The van der Waals surface area contributed by atoms with E-state index in [9.17, 15) is 4.79 Å². The van der Waals surface area contributed by atoms with Crippen LogP contribution in [0.4, 0.5) is 0 Å². The molecule has 31 heavy (non-hydrogen) atoms. The number of ether oxygens (including phenoxy) is 2. The highest BCUT2D eigenvalue weighted by molar-refractivity contribution is 5.90. The van der Waals surface area contributed by atoms with Gasteiger partial charge in [-0.05, 0) is 80.2 Å². The number of esters is 1. The van der Waals surface area contributed by atoms with Crippen molar-refractivity contribution in [1.82, 2.24) is 4.90 Å². The third kappa shape index (κ3) is 4.01. The van der Waals surface area contributed by atoms with Crippen LogP contribution in [0.25, 0.3) is 0 Å². The monoisotopic (exact) mass is 419 g/mol. The Balaban J connectivity index is 1.55. The molecule has 0 amide bonds. The molecule has 2 aromatic rings. The van der Waals surface area contributed by atoms with E-state index in [1.807, 2.05) is 24.3 Å². The van der Waals surface area contributed by atoms with Gasteiger partial charge in [0.25, 0.3) is 0 Å². The van der Waals surface area contributed by atoms with Crippen molar-refractivity contribution < 1.29 is 14.3 Å². The first-order chi connectivity index (χ1) is 14.8. The number of hydrogen-bond donors (Lipinski definition) is 0. The minimum absolute atomic E-state index is 0.0562. The Hall–Kier alpha value is -2.59. The van der Waals surface area contributed by atoms with Crippen molar-refractivity contribution in [2.24, 2.45) is 0 Å². The molecule has 1 fully saturated rings. The summed E-state index contributed by atoms with van der Waals surface area (Å²) in [5, 5.41) is 0. The van der Waals surface area contributed by atoms with Crippen molar-refractivity contribution in [2.45, 2.75) is 57.4 Å². The van der Waals surface area contributed by atoms with Crippen LogP contribution in [0, 0.1) is 6.92 Å². The number of carbonyl (C=O) groups excluding carboxylic acids is 1. The van der Waals surface area contributed by atoms with E-state index in [0.717, 1.165) is 42.9 Å². The Morgan fingerprint density at radius 2 is 1.90 bits per heavy atom. The van der Waals surface area contributed by atoms with Crippen molar-refractivity contribution in [2.75, 3.05) is 20.7 Å². The molecule has 4 heteroatoms. The summed E-state index contributed by atoms with van der Waals surface area (Å²) in [5.74, 6) is 1.89. The zero-order valence-corrected chi connectivity index (χ0v) is 19.3. The number of likely N-dealkylation sites (tertiary alicyclic amines) is 1. The predicted molar refractivity (Wildman–Crippen MR) is 124 cm³/mol. The van der Waals surface area contributed by atoms with Gasteiger partial charge in [0.1, 0.15) is 11.5 Å². The average Bonchev–Trinajstić information content (AvgIpc) is 3.11. The Morgan fingerprint density at radius 3 is 2.55 bits per heavy atom. The maximum absolute atomic E-state index is 12.7. The zero-order valence-electron chi connectivity index (χ0n) is 19.3. The van der Waals surface area contributed by atoms with E-state index in [1.165, 1.54) is 11.1 Å². The van der Waals surface area contributed by atoms with E-state index in [1.54, 1.807) is 7.11 Å². The van der Waals surface area contributed by atoms with Crippen molar-refractivity contribution in [1.29, 1.82) is 0 Å². The number of methoxy groups -OCH3 is 1. The van der Waals surface area contributed by atoms with E-state index in [2.05, 4.69) is 57.0 Å². The Morgan fingerprint density at radius 1 is 1.16 bits per heavy atom. The standard InChI is InChI=1S/C27H33NO3/c1-18(2)20-6-8-21(9-7-20)26(29)31-23-12-13-27(14-15-28(4)25(27)17-23)22-10-11-24(30-5)19(3)16-22/h6-12,16,18,25H,13-15,17H2,1-5H3/t25-,27-/m0/s1. The highest BCUT2D eigenvalue weighted by atomic mass is 16.5. The molecule has 0 aromatic heterocycles. The molecule has 0 unspecified atom stereocenters. The molecule has 0 saturated carbocycles. The van der Waals surface area contributed by atoms with Crippen LogP contribution in [-0.2, 0) is 10.2 Å². The number of nitrogens with zero attached hydrogens (tertiary/aromatic N) is 1. The fraction of sp³-hybridized carbons (Fsp3) is 0.444. The van der Waals surface area contributed by atoms with Crippen LogP contribution in [0.3, 0.4) is 0 Å². The highest BCUT2D eigenvalue weighted by Gasteiger charge is 2.49. The van der Waals surface area contributed by atoms with E-state index >= 15 is 0 Å². The van der Waals surface area contributed by atoms with Crippen molar-refractivity contribution >= 4 is 5.97 Å². The molecule has 1 aliphatic heterocycles. The summed E-state index contributed by atoms with van der Waals surface area (Å²) < 4.78 is 11.3. The summed E-state index contributed by atoms with van der Waals surface area (Å²) >= 11 is 0. The van der Waals surface area contributed by atoms with Crippen molar-refractivity contribution in [3.63, 3.8) is 0 Å². The van der Waals surface area contributed by atoms with Crippen LogP contribution in [0.15, 0.2) is 54.3 Å². The molecule has 2 atom stereocenters. The van der Waals surface area contributed by atoms with Crippen LogP contribution in [0.2, 0.25) is 0 Å². The highest BCUT2D eigenvalue weighted by Crippen LogP contribution is 2.48. The fourth-order valence-electron chi connectivity index (χ4n) is 5.19. The fourth-order valence-corrected chi connectivity index (χ4v) is 5.19. The lowest BCUT2D eigenvalue weighted by molar-refractivity contribution is 0.0579. The van der Waals surface area contributed by atoms with Crippen molar-refractivity contribution in [3.8, 4) is 5.75 Å². The molecule has 0 N–H and O–H groups in total. The number of rotatable bonds is 5. The Bertz CT molecular complexity index is 992. The first-order valence-electron chi connectivity index (χ1n) is 11.2. The molecule has 4 nitrogen and oxygen atoms in total. The number of benzene rings is 2. The summed E-state index contributed by atoms with van der Waals surface area (Å²) in [6.07, 6.45) is 4.87. The SMILES string of the molecule is COc1ccc([C@@]23CC=C(OC(=O)c4ccc(C(C)C)cc4)C[C@@H]2N(C)CC3)cc1C. The number of hydrogen-bond acceptors (Lipinski definition) is 4. The van der Waals surface area contributed by atoms with E-state index in [-0.39, 0.29) is 11.4 Å². The lowest BCUT2D eigenvalue weighted by Crippen LogP contribution is -2.43. The maximum atomic E-state index is 12.7. The molecule has 0 bridgehead atoms. The number of carbonyl (C=O) groups is 1. The quantitative estimate of drug-likeness (QED) is 0.591. The van der Waals surface area contributed by atoms with Gasteiger partial charge in [0.05, 0.1) is 12.7 Å². The van der Waals surface area contributed by atoms with Gasteiger partial charge in [-0.2, -0.15) is 0 Å². The number of aryl methyl sites for hydroxylation is 1. The summed E-state index contributed by atoms with van der Waals surface area (Å²) in [6, 6.07) is 14.6. The van der Waals surface area contributed by atoms with Gasteiger partial charge in [-0.15, -0.1) is 0 Å². The molecule has 0 radical (unpaired) electrons. The van der Waals surface area contributed by atoms with E-state index < -0.39 is 0 Å². The summed E-state index contributed by atoms with van der Waals surface area (Å²) in [6.45, 7) is 7.44. The van der Waals surface area contributed by atoms with Gasteiger partial charge in [-0.1, -0.05) is 38.1 Å². The first-order valence-corrected chi connectivity index (χ1v) is 11.2. The second-order valence-electron chi connectivity index (χ2n) is 9.33. The van der Waals surface area contributed by atoms with Gasteiger partial charge in [-0.3, -0.25) is 0 Å². The summed E-state index contributed by atoms with van der Waals surface area (Å²) in [5.41, 5.74) is 4.40. The molecule has 1 saturated heterocycles. The third-order valence-electron chi connectivity index (χ3n) is 7.18. The van der Waals surface area contributed by atoms with E-state index in [0.29, 0.717) is 17.5 Å². The molecule has 2 aromatic carbocycles. The molecule has 1 aliphatic carbocycles. The maximum Gasteiger partial charge on any atom is 0.343 e. The zero-order chi connectivity index (χ0) is 22.2. The average molecular weight is 420 g/mol. The minimum atomic E-state index is -0.269. The first kappa shape index (κ1) is 21.6. The minimum Gasteiger partial charge on any atom is -0.496 e. The van der Waals surface area contributed by atoms with Crippen molar-refractivity contribution in [3.05, 3.63) is 76.6 Å². The van der Waals surface area contributed by atoms with Crippen LogP contribution < -0.4 is 4.74 Å². The van der Waals surface area contributed by atoms with Gasteiger partial charge in [0, 0.05) is 17.9 Å². The van der Waals surface area contributed by atoms with Gasteiger partial charge in [0.15, 0.2) is 0 Å². The summed E-state index contributed by atoms with van der Waals surface area (Å²) in [7, 11) is 3.89. The van der Waals surface area contributed by atoms with Gasteiger partial charge in [-0.25, -0.2) is 4.79 Å². The lowest BCUT2D eigenvalue weighted by Gasteiger charge is -2.40. The largest absolute Gasteiger partial charge is 0.496 e.